The number of nitrogens with zero attached hydrogens (tertiary/aromatic N) is 3. The summed E-state index contributed by atoms with van der Waals surface area (Å²) in [5, 5.41) is 6.53. The summed E-state index contributed by atoms with van der Waals surface area (Å²) in [5.41, 5.74) is 6.31. The van der Waals surface area contributed by atoms with Gasteiger partial charge in [0.1, 0.15) is 5.54 Å². The molecule has 0 aromatic carbocycles. The van der Waals surface area contributed by atoms with Gasteiger partial charge in [0.2, 0.25) is 5.91 Å². The van der Waals surface area contributed by atoms with Crippen molar-refractivity contribution in [2.75, 3.05) is 17.2 Å². The maximum absolute atomic E-state index is 11.9. The molecular weight excluding hydrogens is 234 g/mol. The second-order valence-corrected chi connectivity index (χ2v) is 4.97. The highest BCUT2D eigenvalue weighted by molar-refractivity contribution is 6.07. The Labute approximate surface area is 105 Å². The molecule has 18 heavy (non-hydrogen) atoms. The number of piperazine rings is 1. The van der Waals surface area contributed by atoms with Crippen LogP contribution in [0.25, 0.3) is 0 Å². The topological polar surface area (TPSA) is 93.2 Å². The zero-order valence-electron chi connectivity index (χ0n) is 10.9. The van der Waals surface area contributed by atoms with Crippen molar-refractivity contribution in [3.8, 4) is 0 Å². The number of amides is 2. The number of imide groups is 1. The van der Waals surface area contributed by atoms with E-state index in [2.05, 4.69) is 10.4 Å². The fraction of sp³-hybridized carbons (Fsp3) is 0.545. The van der Waals surface area contributed by atoms with Gasteiger partial charge in [-0.15, -0.1) is 0 Å². The first-order chi connectivity index (χ1) is 8.25. The van der Waals surface area contributed by atoms with E-state index >= 15 is 0 Å². The maximum atomic E-state index is 11.9. The monoisotopic (exact) mass is 251 g/mol. The second-order valence-electron chi connectivity index (χ2n) is 4.97. The van der Waals surface area contributed by atoms with Crippen molar-refractivity contribution in [3.63, 3.8) is 0 Å². The summed E-state index contributed by atoms with van der Waals surface area (Å²) < 4.78 is 1.60. The fourth-order valence-electron chi connectivity index (χ4n) is 2.11. The lowest BCUT2D eigenvalue weighted by Gasteiger charge is -2.41. The molecule has 1 saturated heterocycles. The van der Waals surface area contributed by atoms with Gasteiger partial charge < -0.3 is 10.6 Å². The van der Waals surface area contributed by atoms with Gasteiger partial charge in [-0.2, -0.15) is 5.10 Å². The molecule has 2 heterocycles. The van der Waals surface area contributed by atoms with Crippen LogP contribution in [-0.4, -0.2) is 33.7 Å². The molecular formula is C11H17N5O2. The van der Waals surface area contributed by atoms with Crippen LogP contribution in [0.2, 0.25) is 0 Å². The SMILES string of the molecule is Cc1nn(C)c(N2CC(=O)NC(=O)C2(C)C)c1N. The van der Waals surface area contributed by atoms with E-state index in [-0.39, 0.29) is 18.4 Å². The van der Waals surface area contributed by atoms with Crippen LogP contribution >= 0.6 is 0 Å². The summed E-state index contributed by atoms with van der Waals surface area (Å²) >= 11 is 0. The minimum absolute atomic E-state index is 0.0852. The molecule has 0 spiro atoms. The average Bonchev–Trinajstić information content (AvgIpc) is 2.48. The number of hydrogen-bond acceptors (Lipinski definition) is 5. The minimum Gasteiger partial charge on any atom is -0.394 e. The Hall–Kier alpha value is -2.05. The smallest absolute Gasteiger partial charge is 0.251 e. The summed E-state index contributed by atoms with van der Waals surface area (Å²) in [4.78, 5) is 25.1. The zero-order valence-corrected chi connectivity index (χ0v) is 10.9. The van der Waals surface area contributed by atoms with Gasteiger partial charge in [-0.1, -0.05) is 0 Å². The Balaban J connectivity index is 2.54. The Kier molecular flexibility index (Phi) is 2.57. The first-order valence-corrected chi connectivity index (χ1v) is 5.66. The van der Waals surface area contributed by atoms with Crippen LogP contribution in [0.15, 0.2) is 0 Å². The van der Waals surface area contributed by atoms with Crippen LogP contribution in [0, 0.1) is 6.92 Å². The third-order valence-corrected chi connectivity index (χ3v) is 3.28. The van der Waals surface area contributed by atoms with Crippen LogP contribution in [-0.2, 0) is 16.6 Å². The Morgan fingerprint density at radius 3 is 2.50 bits per heavy atom. The van der Waals surface area contributed by atoms with Crippen LogP contribution < -0.4 is 16.0 Å². The molecule has 3 N–H and O–H groups in total. The van der Waals surface area contributed by atoms with Gasteiger partial charge >= 0.3 is 0 Å². The first-order valence-electron chi connectivity index (χ1n) is 5.66. The molecule has 2 rings (SSSR count). The largest absolute Gasteiger partial charge is 0.394 e. The van der Waals surface area contributed by atoms with Crippen LogP contribution in [0.4, 0.5) is 11.5 Å². The number of aromatic nitrogens is 2. The third kappa shape index (κ3) is 1.62. The highest BCUT2D eigenvalue weighted by Crippen LogP contribution is 2.32. The number of carbonyl (C=O) groups excluding carboxylic acids is 2. The number of hydrogen-bond donors (Lipinski definition) is 2. The van der Waals surface area contributed by atoms with Gasteiger partial charge in [0.25, 0.3) is 5.91 Å². The first kappa shape index (κ1) is 12.4. The molecule has 0 radical (unpaired) electrons. The predicted octanol–water partition coefficient (Wildman–Crippen LogP) is -0.448. The molecule has 1 aliphatic heterocycles. The van der Waals surface area contributed by atoms with Gasteiger partial charge in [0.05, 0.1) is 17.9 Å². The number of rotatable bonds is 1. The molecule has 2 amide bonds. The van der Waals surface area contributed by atoms with Gasteiger partial charge in [-0.25, -0.2) is 0 Å². The highest BCUT2D eigenvalue weighted by Gasteiger charge is 2.43. The van der Waals surface area contributed by atoms with Crippen LogP contribution in [0.1, 0.15) is 19.5 Å². The van der Waals surface area contributed by atoms with Crippen molar-refractivity contribution in [1.29, 1.82) is 0 Å². The molecule has 1 fully saturated rings. The van der Waals surface area contributed by atoms with E-state index < -0.39 is 5.54 Å². The van der Waals surface area contributed by atoms with Crippen molar-refractivity contribution in [2.24, 2.45) is 7.05 Å². The third-order valence-electron chi connectivity index (χ3n) is 3.28. The lowest BCUT2D eigenvalue weighted by atomic mass is 9.98. The van der Waals surface area contributed by atoms with Crippen LogP contribution in [0.3, 0.4) is 0 Å². The standard InChI is InChI=1S/C11H17N5O2/c1-6-8(12)9(15(4)14-6)16-5-7(17)13-10(18)11(16,2)3/h5,12H2,1-4H3,(H,13,17,18). The van der Waals surface area contributed by atoms with Crippen molar-refractivity contribution in [1.82, 2.24) is 15.1 Å². The maximum Gasteiger partial charge on any atom is 0.251 e. The Morgan fingerprint density at radius 1 is 1.39 bits per heavy atom. The van der Waals surface area contributed by atoms with E-state index in [0.717, 1.165) is 0 Å². The molecule has 7 heteroatoms. The molecule has 1 aromatic heterocycles. The molecule has 7 nitrogen and oxygen atoms in total. The van der Waals surface area contributed by atoms with E-state index in [1.54, 1.807) is 37.4 Å². The Morgan fingerprint density at radius 2 is 2.00 bits per heavy atom. The van der Waals surface area contributed by atoms with Gasteiger partial charge in [0, 0.05) is 7.05 Å². The highest BCUT2D eigenvalue weighted by atomic mass is 16.2. The molecule has 98 valence electrons. The zero-order chi connectivity index (χ0) is 13.7. The summed E-state index contributed by atoms with van der Waals surface area (Å²) in [6.07, 6.45) is 0. The summed E-state index contributed by atoms with van der Waals surface area (Å²) in [5.74, 6) is -0.0738. The quantitative estimate of drug-likeness (QED) is 0.659. The molecule has 0 aliphatic carbocycles. The van der Waals surface area contributed by atoms with E-state index in [1.165, 1.54) is 0 Å². The van der Waals surface area contributed by atoms with Crippen LogP contribution in [0.5, 0.6) is 0 Å². The second kappa shape index (κ2) is 3.72. The van der Waals surface area contributed by atoms with Crippen molar-refractivity contribution >= 4 is 23.3 Å². The molecule has 0 unspecified atom stereocenters. The molecule has 1 aliphatic rings. The normalized spacial score (nSPS) is 19.0. The van der Waals surface area contributed by atoms with E-state index in [9.17, 15) is 9.59 Å². The van der Waals surface area contributed by atoms with E-state index in [0.29, 0.717) is 17.2 Å². The van der Waals surface area contributed by atoms with Gasteiger partial charge in [0.15, 0.2) is 5.82 Å². The molecule has 0 atom stereocenters. The van der Waals surface area contributed by atoms with Crippen molar-refractivity contribution in [3.05, 3.63) is 5.69 Å². The Bertz CT molecular complexity index is 532. The number of nitrogen functional groups attached to an aromatic ring is 1. The fourth-order valence-corrected chi connectivity index (χ4v) is 2.11. The van der Waals surface area contributed by atoms with E-state index in [1.807, 2.05) is 0 Å². The number of anilines is 2. The molecule has 0 bridgehead atoms. The number of nitrogens with two attached hydrogens (primary N) is 1. The number of carbonyl (C=O) groups is 2. The summed E-state index contributed by atoms with van der Waals surface area (Å²) in [6.45, 7) is 5.37. The number of aryl methyl sites for hydroxylation is 2. The lowest BCUT2D eigenvalue weighted by molar-refractivity contribution is -0.135. The number of nitrogens with one attached hydrogen (secondary N) is 1. The predicted molar refractivity (Wildman–Crippen MR) is 66.9 cm³/mol. The van der Waals surface area contributed by atoms with Gasteiger partial charge in [-0.05, 0) is 20.8 Å². The van der Waals surface area contributed by atoms with Crippen molar-refractivity contribution < 1.29 is 9.59 Å². The summed E-state index contributed by atoms with van der Waals surface area (Å²) in [7, 11) is 1.74. The minimum atomic E-state index is -0.845. The molecule has 0 saturated carbocycles. The molecule has 1 aromatic rings. The lowest BCUT2D eigenvalue weighted by Crippen LogP contribution is -2.64. The van der Waals surface area contributed by atoms with Gasteiger partial charge in [-0.3, -0.25) is 19.6 Å². The summed E-state index contributed by atoms with van der Waals surface area (Å²) in [6, 6.07) is 0. The van der Waals surface area contributed by atoms with Crippen molar-refractivity contribution in [2.45, 2.75) is 26.3 Å². The average molecular weight is 251 g/mol. The van der Waals surface area contributed by atoms with E-state index in [4.69, 9.17) is 5.73 Å².